The summed E-state index contributed by atoms with van der Waals surface area (Å²) in [5.74, 6) is 0.473. The molecule has 4 nitrogen and oxygen atoms in total. The van der Waals surface area contributed by atoms with Gasteiger partial charge in [0, 0.05) is 18.3 Å². The molecular weight excluding hydrogens is 267 g/mol. The average Bonchev–Trinajstić information content (AvgIpc) is 2.37. The normalized spacial score (nSPS) is 13.7. The Bertz CT molecular complexity index is 400. The summed E-state index contributed by atoms with van der Waals surface area (Å²) in [5.41, 5.74) is 0.568. The van der Waals surface area contributed by atoms with E-state index in [1.165, 1.54) is 24.3 Å². The van der Waals surface area contributed by atoms with E-state index >= 15 is 0 Å². The van der Waals surface area contributed by atoms with Gasteiger partial charge in [0.05, 0.1) is 6.10 Å². The lowest BCUT2D eigenvalue weighted by molar-refractivity contribution is 0.172. The Morgan fingerprint density at radius 1 is 1.42 bits per heavy atom. The first-order valence-electron chi connectivity index (χ1n) is 5.99. The van der Waals surface area contributed by atoms with Crippen molar-refractivity contribution in [2.75, 3.05) is 18.6 Å². The molecule has 0 heterocycles. The van der Waals surface area contributed by atoms with Crippen molar-refractivity contribution in [2.45, 2.75) is 19.1 Å². The van der Waals surface area contributed by atoms with E-state index in [4.69, 9.17) is 0 Å². The third-order valence-corrected chi connectivity index (χ3v) is 3.34. The first-order valence-corrected chi connectivity index (χ1v) is 7.39. The SMILES string of the molecule is CSCC(C)NC(=O)NCC(O)c1ccc(F)cc1. The molecule has 106 valence electrons. The smallest absolute Gasteiger partial charge is 0.315 e. The minimum atomic E-state index is -0.845. The van der Waals surface area contributed by atoms with Crippen LogP contribution in [0.25, 0.3) is 0 Å². The van der Waals surface area contributed by atoms with Gasteiger partial charge in [0.1, 0.15) is 5.82 Å². The number of rotatable bonds is 6. The zero-order valence-corrected chi connectivity index (χ0v) is 11.8. The van der Waals surface area contributed by atoms with Crippen molar-refractivity contribution in [3.63, 3.8) is 0 Å². The molecule has 3 N–H and O–H groups in total. The second kappa shape index (κ2) is 8.01. The topological polar surface area (TPSA) is 61.4 Å². The Labute approximate surface area is 116 Å². The van der Waals surface area contributed by atoms with Crippen molar-refractivity contribution in [3.05, 3.63) is 35.6 Å². The molecule has 0 saturated carbocycles. The lowest BCUT2D eigenvalue weighted by Gasteiger charge is -2.16. The summed E-state index contributed by atoms with van der Waals surface area (Å²) in [6.07, 6.45) is 1.12. The van der Waals surface area contributed by atoms with Crippen molar-refractivity contribution in [1.29, 1.82) is 0 Å². The highest BCUT2D eigenvalue weighted by molar-refractivity contribution is 7.98. The maximum atomic E-state index is 12.7. The number of aliphatic hydroxyl groups excluding tert-OH is 1. The first kappa shape index (κ1) is 15.8. The number of amides is 2. The molecule has 1 aromatic carbocycles. The van der Waals surface area contributed by atoms with E-state index in [2.05, 4.69) is 10.6 Å². The summed E-state index contributed by atoms with van der Waals surface area (Å²) in [6.45, 7) is 2.00. The summed E-state index contributed by atoms with van der Waals surface area (Å²) in [6, 6.07) is 5.30. The van der Waals surface area contributed by atoms with Gasteiger partial charge >= 0.3 is 6.03 Å². The van der Waals surface area contributed by atoms with E-state index in [9.17, 15) is 14.3 Å². The van der Waals surface area contributed by atoms with Gasteiger partial charge in [-0.15, -0.1) is 0 Å². The third kappa shape index (κ3) is 5.94. The Morgan fingerprint density at radius 2 is 2.05 bits per heavy atom. The fourth-order valence-electron chi connectivity index (χ4n) is 1.56. The Hall–Kier alpha value is -1.27. The number of carbonyl (C=O) groups is 1. The molecule has 1 rings (SSSR count). The van der Waals surface area contributed by atoms with Crippen molar-refractivity contribution in [3.8, 4) is 0 Å². The maximum Gasteiger partial charge on any atom is 0.315 e. The van der Waals surface area contributed by atoms with Gasteiger partial charge < -0.3 is 15.7 Å². The van der Waals surface area contributed by atoms with Crippen molar-refractivity contribution < 1.29 is 14.3 Å². The van der Waals surface area contributed by atoms with Crippen molar-refractivity contribution in [1.82, 2.24) is 10.6 Å². The predicted octanol–water partition coefficient (Wildman–Crippen LogP) is 1.91. The molecule has 0 aliphatic rings. The Balaban J connectivity index is 2.35. The summed E-state index contributed by atoms with van der Waals surface area (Å²) in [7, 11) is 0. The molecule has 0 aromatic heterocycles. The number of carbonyl (C=O) groups excluding carboxylic acids is 1. The molecule has 0 aliphatic carbocycles. The molecule has 2 unspecified atom stereocenters. The van der Waals surface area contributed by atoms with Crippen molar-refractivity contribution >= 4 is 17.8 Å². The highest BCUT2D eigenvalue weighted by atomic mass is 32.2. The van der Waals surface area contributed by atoms with Crippen LogP contribution in [-0.2, 0) is 0 Å². The summed E-state index contributed by atoms with van der Waals surface area (Å²) in [5, 5.41) is 15.2. The quantitative estimate of drug-likeness (QED) is 0.748. The number of halogens is 1. The molecule has 2 atom stereocenters. The third-order valence-electron chi connectivity index (χ3n) is 2.50. The number of nitrogens with one attached hydrogen (secondary N) is 2. The lowest BCUT2D eigenvalue weighted by Crippen LogP contribution is -2.43. The molecule has 0 spiro atoms. The van der Waals surface area contributed by atoms with Gasteiger partial charge in [0.15, 0.2) is 0 Å². The van der Waals surface area contributed by atoms with Gasteiger partial charge in [-0.05, 0) is 30.9 Å². The van der Waals surface area contributed by atoms with E-state index in [0.29, 0.717) is 5.56 Å². The second-order valence-corrected chi connectivity index (χ2v) is 5.19. The molecular formula is C13H19FN2O2S. The second-order valence-electron chi connectivity index (χ2n) is 4.28. The van der Waals surface area contributed by atoms with Crippen molar-refractivity contribution in [2.24, 2.45) is 0 Å². The van der Waals surface area contributed by atoms with Crippen LogP contribution in [0.4, 0.5) is 9.18 Å². The summed E-state index contributed by atoms with van der Waals surface area (Å²) < 4.78 is 12.7. The fourth-order valence-corrected chi connectivity index (χ4v) is 2.14. The highest BCUT2D eigenvalue weighted by Crippen LogP contribution is 2.12. The van der Waals surface area contributed by atoms with Crippen LogP contribution in [0.3, 0.4) is 0 Å². The number of hydrogen-bond donors (Lipinski definition) is 3. The van der Waals surface area contributed by atoms with Gasteiger partial charge in [0.25, 0.3) is 0 Å². The highest BCUT2D eigenvalue weighted by Gasteiger charge is 2.11. The van der Waals surface area contributed by atoms with Crippen LogP contribution in [0.5, 0.6) is 0 Å². The van der Waals surface area contributed by atoms with E-state index in [-0.39, 0.29) is 24.4 Å². The first-order chi connectivity index (χ1) is 9.02. The molecule has 0 fully saturated rings. The van der Waals surface area contributed by atoms with Crippen LogP contribution in [0.15, 0.2) is 24.3 Å². The van der Waals surface area contributed by atoms with Crippen LogP contribution in [0.2, 0.25) is 0 Å². The molecule has 2 amide bonds. The van der Waals surface area contributed by atoms with Gasteiger partial charge in [-0.1, -0.05) is 12.1 Å². The van der Waals surface area contributed by atoms with E-state index < -0.39 is 6.10 Å². The van der Waals surface area contributed by atoms with E-state index in [0.717, 1.165) is 5.75 Å². The number of thioether (sulfide) groups is 1. The Kier molecular flexibility index (Phi) is 6.66. The molecule has 0 bridgehead atoms. The van der Waals surface area contributed by atoms with Crippen LogP contribution in [-0.4, -0.2) is 35.7 Å². The van der Waals surface area contributed by atoms with Gasteiger partial charge in [0.2, 0.25) is 0 Å². The largest absolute Gasteiger partial charge is 0.387 e. The number of aliphatic hydroxyl groups is 1. The standard InChI is InChI=1S/C13H19FN2O2S/c1-9(8-19-2)16-13(18)15-7-12(17)10-3-5-11(14)6-4-10/h3-6,9,12,17H,7-8H2,1-2H3,(H2,15,16,18). The van der Waals surface area contributed by atoms with Crippen LogP contribution in [0, 0.1) is 5.82 Å². The summed E-state index contributed by atoms with van der Waals surface area (Å²) in [4.78, 5) is 11.5. The number of hydrogen-bond acceptors (Lipinski definition) is 3. The van der Waals surface area contributed by atoms with Crippen LogP contribution in [0.1, 0.15) is 18.6 Å². The van der Waals surface area contributed by atoms with Crippen LogP contribution < -0.4 is 10.6 Å². The molecule has 19 heavy (non-hydrogen) atoms. The van der Waals surface area contributed by atoms with Gasteiger partial charge in [-0.25, -0.2) is 9.18 Å². The molecule has 0 radical (unpaired) electrons. The van der Waals surface area contributed by atoms with E-state index in [1.54, 1.807) is 11.8 Å². The van der Waals surface area contributed by atoms with Gasteiger partial charge in [-0.3, -0.25) is 0 Å². The predicted molar refractivity (Wildman–Crippen MR) is 75.7 cm³/mol. The number of benzene rings is 1. The molecule has 0 saturated heterocycles. The van der Waals surface area contributed by atoms with E-state index in [1.807, 2.05) is 13.2 Å². The fraction of sp³-hybridized carbons (Fsp3) is 0.462. The molecule has 1 aromatic rings. The zero-order chi connectivity index (χ0) is 14.3. The average molecular weight is 286 g/mol. The maximum absolute atomic E-state index is 12.7. The minimum absolute atomic E-state index is 0.0676. The zero-order valence-electron chi connectivity index (χ0n) is 11.0. The molecule has 0 aliphatic heterocycles. The number of urea groups is 1. The Morgan fingerprint density at radius 3 is 2.63 bits per heavy atom. The van der Waals surface area contributed by atoms with Gasteiger partial charge in [-0.2, -0.15) is 11.8 Å². The summed E-state index contributed by atoms with van der Waals surface area (Å²) >= 11 is 1.65. The van der Waals surface area contributed by atoms with Crippen LogP contribution >= 0.6 is 11.8 Å². The molecule has 6 heteroatoms. The monoisotopic (exact) mass is 286 g/mol. The lowest BCUT2D eigenvalue weighted by atomic mass is 10.1. The minimum Gasteiger partial charge on any atom is -0.387 e.